The van der Waals surface area contributed by atoms with E-state index >= 15 is 0 Å². The van der Waals surface area contributed by atoms with Crippen LogP contribution < -0.4 is 10.2 Å². The Hall–Kier alpha value is -2.16. The van der Waals surface area contributed by atoms with Crippen molar-refractivity contribution >= 4 is 58.2 Å². The molecule has 3 aliphatic rings. The smallest absolute Gasteiger partial charge is 0.272 e. The van der Waals surface area contributed by atoms with E-state index in [2.05, 4.69) is 5.32 Å². The number of para-hydroxylation sites is 1. The van der Waals surface area contributed by atoms with Crippen LogP contribution in [0.25, 0.3) is 0 Å². The molecule has 1 saturated heterocycles. The first-order valence-corrected chi connectivity index (χ1v) is 12.4. The molecule has 2 saturated carbocycles. The summed E-state index contributed by atoms with van der Waals surface area (Å²) in [5.74, 6) is -4.73. The first kappa shape index (κ1) is 24.5. The fourth-order valence-corrected chi connectivity index (χ4v) is 6.44. The van der Waals surface area contributed by atoms with E-state index in [0.717, 1.165) is 4.90 Å². The molecule has 0 radical (unpaired) electrons. The molecule has 0 spiro atoms. The number of amides is 3. The Morgan fingerprint density at radius 1 is 0.971 bits per heavy atom. The molecule has 2 aromatic carbocycles. The van der Waals surface area contributed by atoms with Gasteiger partial charge in [-0.3, -0.25) is 19.3 Å². The van der Waals surface area contributed by atoms with Gasteiger partial charge in [0, 0.05) is 12.0 Å². The molecule has 3 N–H and O–H groups in total. The SMILES string of the molecule is O=C1[C@@H]2[C@@H]3[C@H](NC(=O)C(Cl)(Cl)Cl)CC[C@]3(O)[C@](O)(c3ccccc3)C[C@@H]2C(=O)N1c1ccccc1. The first-order chi connectivity index (χ1) is 16.5. The predicted octanol–water partition coefficient (Wildman–Crippen LogP) is 3.08. The molecule has 2 aromatic rings. The van der Waals surface area contributed by atoms with Crippen LogP contribution in [0, 0.1) is 17.8 Å². The minimum Gasteiger partial charge on any atom is -0.386 e. The molecule has 2 aliphatic carbocycles. The summed E-state index contributed by atoms with van der Waals surface area (Å²) in [6.07, 6.45) is 0.149. The molecule has 7 nitrogen and oxygen atoms in total. The maximum atomic E-state index is 13.7. The summed E-state index contributed by atoms with van der Waals surface area (Å²) in [6.45, 7) is 0. The van der Waals surface area contributed by atoms with Gasteiger partial charge in [0.1, 0.15) is 11.2 Å². The molecule has 35 heavy (non-hydrogen) atoms. The number of halogens is 3. The second kappa shape index (κ2) is 8.46. The molecule has 3 amide bonds. The van der Waals surface area contributed by atoms with Crippen LogP contribution in [0.1, 0.15) is 24.8 Å². The van der Waals surface area contributed by atoms with Gasteiger partial charge in [0.05, 0.1) is 17.5 Å². The van der Waals surface area contributed by atoms with Gasteiger partial charge in [0.2, 0.25) is 11.8 Å². The summed E-state index contributed by atoms with van der Waals surface area (Å²) in [5, 5.41) is 26.8. The van der Waals surface area contributed by atoms with Crippen LogP contribution in [-0.4, -0.2) is 43.4 Å². The van der Waals surface area contributed by atoms with Crippen molar-refractivity contribution in [3.63, 3.8) is 0 Å². The van der Waals surface area contributed by atoms with Gasteiger partial charge in [-0.05, 0) is 37.0 Å². The number of carbonyl (C=O) groups is 3. The van der Waals surface area contributed by atoms with E-state index < -0.39 is 56.5 Å². The largest absolute Gasteiger partial charge is 0.386 e. The van der Waals surface area contributed by atoms with Crippen molar-refractivity contribution in [3.05, 3.63) is 66.2 Å². The zero-order chi connectivity index (χ0) is 25.2. The van der Waals surface area contributed by atoms with Crippen LogP contribution in [-0.2, 0) is 20.0 Å². The minimum absolute atomic E-state index is 0.0733. The van der Waals surface area contributed by atoms with E-state index in [4.69, 9.17) is 34.8 Å². The number of hydrogen-bond donors (Lipinski definition) is 3. The maximum absolute atomic E-state index is 13.7. The van der Waals surface area contributed by atoms with Gasteiger partial charge in [-0.1, -0.05) is 83.3 Å². The lowest BCUT2D eigenvalue weighted by molar-refractivity contribution is -0.223. The molecule has 1 aliphatic heterocycles. The number of nitrogens with one attached hydrogen (secondary N) is 1. The topological polar surface area (TPSA) is 107 Å². The number of rotatable bonds is 3. The number of alkyl halides is 3. The van der Waals surface area contributed by atoms with E-state index in [1.807, 2.05) is 0 Å². The van der Waals surface area contributed by atoms with E-state index in [9.17, 15) is 24.6 Å². The number of carbonyl (C=O) groups excluding carboxylic acids is 3. The molecule has 0 unspecified atom stereocenters. The van der Waals surface area contributed by atoms with Gasteiger partial charge >= 0.3 is 0 Å². The average Bonchev–Trinajstić information content (AvgIpc) is 3.28. The number of imide groups is 1. The number of fused-ring (bicyclic) bond motifs is 3. The van der Waals surface area contributed by atoms with Crippen molar-refractivity contribution in [1.82, 2.24) is 5.32 Å². The lowest BCUT2D eigenvalue weighted by atomic mass is 9.56. The molecule has 0 bridgehead atoms. The van der Waals surface area contributed by atoms with Crippen LogP contribution in [0.2, 0.25) is 0 Å². The number of anilines is 1. The highest BCUT2D eigenvalue weighted by atomic mass is 35.6. The number of hydrogen-bond acceptors (Lipinski definition) is 5. The molecular weight excluding hydrogens is 515 g/mol. The third kappa shape index (κ3) is 3.67. The van der Waals surface area contributed by atoms with E-state index in [1.54, 1.807) is 60.7 Å². The molecule has 0 aromatic heterocycles. The fraction of sp³-hybridized carbons (Fsp3) is 0.400. The molecular formula is C25H23Cl3N2O5. The molecule has 6 atom stereocenters. The molecule has 1 heterocycles. The fourth-order valence-electron chi connectivity index (χ4n) is 6.27. The zero-order valence-corrected chi connectivity index (χ0v) is 20.7. The summed E-state index contributed by atoms with van der Waals surface area (Å²) < 4.78 is -2.25. The Morgan fingerprint density at radius 3 is 2.17 bits per heavy atom. The van der Waals surface area contributed by atoms with Gasteiger partial charge in [0.15, 0.2) is 0 Å². The van der Waals surface area contributed by atoms with E-state index in [1.165, 1.54) is 0 Å². The Morgan fingerprint density at radius 2 is 1.57 bits per heavy atom. The number of aliphatic hydroxyl groups is 2. The zero-order valence-electron chi connectivity index (χ0n) is 18.4. The quantitative estimate of drug-likeness (QED) is 0.412. The maximum Gasteiger partial charge on any atom is 0.272 e. The first-order valence-electron chi connectivity index (χ1n) is 11.3. The Balaban J connectivity index is 1.63. The Bertz CT molecular complexity index is 1170. The molecule has 5 rings (SSSR count). The second-order valence-corrected chi connectivity index (χ2v) is 11.8. The van der Waals surface area contributed by atoms with Crippen LogP contribution in [0.3, 0.4) is 0 Å². The average molecular weight is 538 g/mol. The highest BCUT2D eigenvalue weighted by molar-refractivity contribution is 6.76. The van der Waals surface area contributed by atoms with Crippen molar-refractivity contribution < 1.29 is 24.6 Å². The molecule has 184 valence electrons. The molecule has 3 fully saturated rings. The summed E-state index contributed by atoms with van der Waals surface area (Å²) in [5.41, 5.74) is -2.83. The Kier molecular flexibility index (Phi) is 5.93. The predicted molar refractivity (Wildman–Crippen MR) is 131 cm³/mol. The normalized spacial score (nSPS) is 34.5. The van der Waals surface area contributed by atoms with Crippen LogP contribution in [0.4, 0.5) is 5.69 Å². The highest BCUT2D eigenvalue weighted by Gasteiger charge is 2.72. The number of nitrogens with zero attached hydrogens (tertiary/aromatic N) is 1. The monoisotopic (exact) mass is 536 g/mol. The van der Waals surface area contributed by atoms with Gasteiger partial charge in [0.25, 0.3) is 9.70 Å². The summed E-state index contributed by atoms with van der Waals surface area (Å²) in [6, 6.07) is 16.3. The van der Waals surface area contributed by atoms with Crippen LogP contribution in [0.5, 0.6) is 0 Å². The third-order valence-corrected chi connectivity index (χ3v) is 8.27. The second-order valence-electron chi connectivity index (χ2n) is 9.48. The van der Waals surface area contributed by atoms with Crippen LogP contribution >= 0.6 is 34.8 Å². The summed E-state index contributed by atoms with van der Waals surface area (Å²) in [7, 11) is 0. The standard InChI is InChI=1S/C25H23Cl3N2O5/c26-25(27,28)22(33)29-17-11-12-23(34)19(17)18-16(13-24(23,35)14-7-3-1-4-8-14)20(31)30(21(18)32)15-9-5-2-6-10-15/h1-10,16-19,34-35H,11-13H2,(H,29,33)/t16-,17+,18-,19-,23+,24+/m0/s1. The van der Waals surface area contributed by atoms with Gasteiger partial charge in [-0.15, -0.1) is 0 Å². The van der Waals surface area contributed by atoms with Gasteiger partial charge in [-0.25, -0.2) is 0 Å². The van der Waals surface area contributed by atoms with Crippen molar-refractivity contribution in [3.8, 4) is 0 Å². The van der Waals surface area contributed by atoms with Gasteiger partial charge < -0.3 is 15.5 Å². The van der Waals surface area contributed by atoms with Crippen molar-refractivity contribution in [2.24, 2.45) is 17.8 Å². The minimum atomic E-state index is -2.25. The lowest BCUT2D eigenvalue weighted by Gasteiger charge is -2.53. The van der Waals surface area contributed by atoms with Crippen molar-refractivity contribution in [2.45, 2.75) is 40.3 Å². The van der Waals surface area contributed by atoms with E-state index in [-0.39, 0.29) is 19.3 Å². The number of benzene rings is 2. The third-order valence-electron chi connectivity index (χ3n) is 7.76. The summed E-state index contributed by atoms with van der Waals surface area (Å²) >= 11 is 17.3. The van der Waals surface area contributed by atoms with Crippen molar-refractivity contribution in [1.29, 1.82) is 0 Å². The highest BCUT2D eigenvalue weighted by Crippen LogP contribution is 2.61. The lowest BCUT2D eigenvalue weighted by Crippen LogP contribution is -2.65. The Labute approximate surface area is 217 Å². The summed E-state index contributed by atoms with van der Waals surface area (Å²) in [4.78, 5) is 41.0. The van der Waals surface area contributed by atoms with Gasteiger partial charge in [-0.2, -0.15) is 0 Å². The van der Waals surface area contributed by atoms with Crippen molar-refractivity contribution in [2.75, 3.05) is 4.90 Å². The molecule has 10 heteroatoms. The van der Waals surface area contributed by atoms with E-state index in [0.29, 0.717) is 11.3 Å². The van der Waals surface area contributed by atoms with Crippen LogP contribution in [0.15, 0.2) is 60.7 Å².